The molecular formula is C14H31B2N2O6P. The molecule has 0 spiro atoms. The largest absolute Gasteiger partial charge is 0.408 e. The molecule has 144 valence electrons. The first-order chi connectivity index (χ1) is 11.7. The second kappa shape index (κ2) is 9.33. The Morgan fingerprint density at radius 3 is 2.52 bits per heavy atom. The van der Waals surface area contributed by atoms with Crippen molar-refractivity contribution in [1.29, 1.82) is 0 Å². The third-order valence-corrected chi connectivity index (χ3v) is 6.40. The Kier molecular flexibility index (Phi) is 7.98. The number of ether oxygens (including phenoxy) is 3. The zero-order valence-corrected chi connectivity index (χ0v) is 17.1. The molecule has 25 heavy (non-hydrogen) atoms. The number of likely N-dealkylation sites (N-methyl/N-ethyl adjacent to an activating group) is 1. The van der Waals surface area contributed by atoms with Crippen LogP contribution < -0.4 is 0 Å². The van der Waals surface area contributed by atoms with E-state index in [4.69, 9.17) is 23.3 Å². The van der Waals surface area contributed by atoms with Gasteiger partial charge in [0.15, 0.2) is 0 Å². The van der Waals surface area contributed by atoms with Crippen LogP contribution in [0, 0.1) is 0 Å². The molecule has 6 unspecified atom stereocenters. The van der Waals surface area contributed by atoms with Crippen LogP contribution in [0.2, 0.25) is 0 Å². The van der Waals surface area contributed by atoms with E-state index >= 15 is 0 Å². The molecule has 0 N–H and O–H groups in total. The SMILES string of the molecule is BC1CN(C)CC(COP(=O)(OC2CC(B)OC2COC)N(C)C)O1. The topological polar surface area (TPSA) is 69.7 Å². The Hall–Kier alpha value is 0.0799. The fourth-order valence-corrected chi connectivity index (χ4v) is 4.70. The number of methoxy groups -OCH3 is 1. The molecule has 2 aliphatic heterocycles. The zero-order chi connectivity index (χ0) is 18.6. The van der Waals surface area contributed by atoms with Gasteiger partial charge in [-0.1, -0.05) is 0 Å². The number of rotatable bonds is 8. The summed E-state index contributed by atoms with van der Waals surface area (Å²) in [5.41, 5.74) is 0. The van der Waals surface area contributed by atoms with Crippen molar-refractivity contribution < 1.29 is 27.8 Å². The molecule has 0 radical (unpaired) electrons. The van der Waals surface area contributed by atoms with Gasteiger partial charge in [-0.25, -0.2) is 9.24 Å². The number of hydrogen-bond acceptors (Lipinski definition) is 7. The second-order valence-electron chi connectivity index (χ2n) is 7.22. The first-order valence-electron chi connectivity index (χ1n) is 8.82. The lowest BCUT2D eigenvalue weighted by Crippen LogP contribution is -2.47. The summed E-state index contributed by atoms with van der Waals surface area (Å²) in [6, 6.07) is 0.166. The summed E-state index contributed by atoms with van der Waals surface area (Å²) in [4.78, 5) is 2.19. The molecule has 0 bridgehead atoms. The predicted octanol–water partition coefficient (Wildman–Crippen LogP) is -1.26. The molecule has 2 aliphatic rings. The van der Waals surface area contributed by atoms with E-state index in [0.717, 1.165) is 13.1 Å². The van der Waals surface area contributed by atoms with E-state index < -0.39 is 7.75 Å². The van der Waals surface area contributed by atoms with Crippen molar-refractivity contribution in [3.05, 3.63) is 0 Å². The summed E-state index contributed by atoms with van der Waals surface area (Å²) in [7, 11) is 7.61. The fourth-order valence-electron chi connectivity index (χ4n) is 3.30. The van der Waals surface area contributed by atoms with E-state index in [1.165, 1.54) is 4.67 Å². The van der Waals surface area contributed by atoms with Crippen LogP contribution in [0.4, 0.5) is 0 Å². The molecule has 2 saturated heterocycles. The van der Waals surface area contributed by atoms with Gasteiger partial charge in [-0.2, -0.15) is 0 Å². The van der Waals surface area contributed by atoms with Crippen molar-refractivity contribution in [3.63, 3.8) is 0 Å². The Labute approximate surface area is 152 Å². The summed E-state index contributed by atoms with van der Waals surface area (Å²) in [6.07, 6.45) is -0.0280. The smallest absolute Gasteiger partial charge is 0.382 e. The lowest BCUT2D eigenvalue weighted by Gasteiger charge is -2.36. The van der Waals surface area contributed by atoms with Gasteiger partial charge in [0.2, 0.25) is 0 Å². The molecule has 0 aromatic heterocycles. The lowest BCUT2D eigenvalue weighted by molar-refractivity contribution is -0.0660. The average molecular weight is 376 g/mol. The summed E-state index contributed by atoms with van der Waals surface area (Å²) in [5, 5.41) is 0. The van der Waals surface area contributed by atoms with Crippen LogP contribution in [0.5, 0.6) is 0 Å². The molecule has 0 saturated carbocycles. The van der Waals surface area contributed by atoms with Crippen LogP contribution in [-0.4, -0.2) is 110 Å². The Morgan fingerprint density at radius 2 is 1.92 bits per heavy atom. The van der Waals surface area contributed by atoms with Crippen molar-refractivity contribution in [2.75, 3.05) is 54.6 Å². The maximum Gasteiger partial charge on any atom is 0.408 e. The third kappa shape index (κ3) is 6.04. The maximum absolute atomic E-state index is 13.2. The monoisotopic (exact) mass is 376 g/mol. The van der Waals surface area contributed by atoms with E-state index in [9.17, 15) is 4.57 Å². The normalized spacial score (nSPS) is 36.6. The molecule has 2 fully saturated rings. The standard InChI is InChI=1S/C14H31B2N2O6P/c1-17(2)25(19,21-8-10-6-18(3)7-14(16)22-10)24-11-5-13(15)23-12(11)9-20-4/h10-14H,5-9,15-16H2,1-4H3. The molecule has 2 heterocycles. The van der Waals surface area contributed by atoms with Crippen LogP contribution in [0.15, 0.2) is 0 Å². The molecule has 0 aliphatic carbocycles. The summed E-state index contributed by atoms with van der Waals surface area (Å²) in [5.74, 6) is 0. The summed E-state index contributed by atoms with van der Waals surface area (Å²) < 4.78 is 43.3. The highest BCUT2D eigenvalue weighted by Gasteiger charge is 2.41. The Balaban J connectivity index is 1.96. The van der Waals surface area contributed by atoms with E-state index in [-0.39, 0.29) is 36.9 Å². The highest BCUT2D eigenvalue weighted by molar-refractivity contribution is 7.51. The number of hydrogen-bond donors (Lipinski definition) is 0. The van der Waals surface area contributed by atoms with Gasteiger partial charge in [0.05, 0.1) is 25.4 Å². The van der Waals surface area contributed by atoms with Gasteiger partial charge >= 0.3 is 7.75 Å². The fraction of sp³-hybridized carbons (Fsp3) is 1.00. The van der Waals surface area contributed by atoms with E-state index in [2.05, 4.69) is 4.90 Å². The molecule has 11 heteroatoms. The van der Waals surface area contributed by atoms with Crippen molar-refractivity contribution in [2.45, 2.75) is 36.7 Å². The van der Waals surface area contributed by atoms with Crippen molar-refractivity contribution in [2.24, 2.45) is 0 Å². The first-order valence-corrected chi connectivity index (χ1v) is 10.3. The van der Waals surface area contributed by atoms with Crippen LogP contribution in [0.3, 0.4) is 0 Å². The van der Waals surface area contributed by atoms with Crippen LogP contribution in [0.1, 0.15) is 6.42 Å². The van der Waals surface area contributed by atoms with Crippen LogP contribution in [-0.2, 0) is 27.8 Å². The summed E-state index contributed by atoms with van der Waals surface area (Å²) >= 11 is 0. The van der Waals surface area contributed by atoms with Gasteiger partial charge in [0, 0.05) is 32.2 Å². The molecule has 2 rings (SSSR count). The average Bonchev–Trinajstić information content (AvgIpc) is 2.84. The molecule has 6 atom stereocenters. The predicted molar refractivity (Wildman–Crippen MR) is 101 cm³/mol. The third-order valence-electron chi connectivity index (χ3n) is 4.41. The highest BCUT2D eigenvalue weighted by Crippen LogP contribution is 2.53. The number of nitrogens with zero attached hydrogens (tertiary/aromatic N) is 2. The minimum atomic E-state index is -3.43. The van der Waals surface area contributed by atoms with E-state index in [1.807, 2.05) is 22.7 Å². The van der Waals surface area contributed by atoms with Gasteiger partial charge in [-0.05, 0) is 27.6 Å². The highest BCUT2D eigenvalue weighted by atomic mass is 31.2. The minimum absolute atomic E-state index is 0.0388. The molecular weight excluding hydrogens is 345 g/mol. The molecule has 0 aromatic rings. The van der Waals surface area contributed by atoms with Crippen LogP contribution in [0.25, 0.3) is 0 Å². The van der Waals surface area contributed by atoms with Crippen molar-refractivity contribution in [3.8, 4) is 0 Å². The van der Waals surface area contributed by atoms with Crippen LogP contribution >= 0.6 is 7.75 Å². The number of morpholine rings is 1. The molecule has 8 nitrogen and oxygen atoms in total. The molecule has 0 aromatic carbocycles. The van der Waals surface area contributed by atoms with Gasteiger partial charge in [-0.15, -0.1) is 0 Å². The van der Waals surface area contributed by atoms with Crippen molar-refractivity contribution >= 4 is 23.4 Å². The van der Waals surface area contributed by atoms with E-state index in [1.54, 1.807) is 21.2 Å². The Bertz CT molecular complexity index is 465. The Morgan fingerprint density at radius 1 is 1.20 bits per heavy atom. The first kappa shape index (κ1) is 21.4. The van der Waals surface area contributed by atoms with Gasteiger partial charge in [0.1, 0.15) is 21.8 Å². The van der Waals surface area contributed by atoms with E-state index in [0.29, 0.717) is 13.0 Å². The second-order valence-corrected chi connectivity index (χ2v) is 9.43. The van der Waals surface area contributed by atoms with Gasteiger partial charge in [0.25, 0.3) is 0 Å². The van der Waals surface area contributed by atoms with Gasteiger partial charge in [-0.3, -0.25) is 9.05 Å². The molecule has 0 amide bonds. The quantitative estimate of drug-likeness (QED) is 0.385. The van der Waals surface area contributed by atoms with Gasteiger partial charge < -0.3 is 19.1 Å². The minimum Gasteiger partial charge on any atom is -0.382 e. The lowest BCUT2D eigenvalue weighted by atomic mass is 9.96. The van der Waals surface area contributed by atoms with Crippen molar-refractivity contribution in [1.82, 2.24) is 9.57 Å². The maximum atomic E-state index is 13.2. The summed E-state index contributed by atoms with van der Waals surface area (Å²) in [6.45, 7) is 2.25. The zero-order valence-electron chi connectivity index (χ0n) is 16.2.